The van der Waals surface area contributed by atoms with Crippen molar-refractivity contribution in [2.24, 2.45) is 0 Å². The SMILES string of the molecule is COc1ccccc1S(=O)(=O)N1CCCC(N(C)CC(=O)O)CC1. The molecule has 1 atom stereocenters. The number of benzene rings is 1. The number of para-hydroxylation sites is 1. The number of aliphatic carboxylic acids is 1. The molecule has 1 aliphatic rings. The number of methoxy groups -OCH3 is 1. The van der Waals surface area contributed by atoms with Crippen LogP contribution in [0.4, 0.5) is 0 Å². The predicted molar refractivity (Wildman–Crippen MR) is 89.7 cm³/mol. The van der Waals surface area contributed by atoms with Crippen molar-refractivity contribution in [3.05, 3.63) is 24.3 Å². The van der Waals surface area contributed by atoms with E-state index < -0.39 is 16.0 Å². The molecule has 134 valence electrons. The number of hydrogen-bond donors (Lipinski definition) is 1. The first-order valence-electron chi connectivity index (χ1n) is 7.91. The fourth-order valence-corrected chi connectivity index (χ4v) is 4.70. The predicted octanol–water partition coefficient (Wildman–Crippen LogP) is 1.25. The number of carboxylic acids is 1. The summed E-state index contributed by atoms with van der Waals surface area (Å²) < 4.78 is 32.5. The Morgan fingerprint density at radius 2 is 2.04 bits per heavy atom. The average molecular weight is 356 g/mol. The summed E-state index contributed by atoms with van der Waals surface area (Å²) in [6.07, 6.45) is 2.09. The fourth-order valence-electron chi connectivity index (χ4n) is 3.05. The van der Waals surface area contributed by atoms with E-state index in [2.05, 4.69) is 0 Å². The summed E-state index contributed by atoms with van der Waals surface area (Å²) in [4.78, 5) is 12.8. The smallest absolute Gasteiger partial charge is 0.317 e. The van der Waals surface area contributed by atoms with Gasteiger partial charge in [-0.1, -0.05) is 12.1 Å². The number of likely N-dealkylation sites (N-methyl/N-ethyl adjacent to an activating group) is 1. The summed E-state index contributed by atoms with van der Waals surface area (Å²) in [6.45, 7) is 0.761. The van der Waals surface area contributed by atoms with Crippen molar-refractivity contribution < 1.29 is 23.1 Å². The van der Waals surface area contributed by atoms with E-state index in [9.17, 15) is 13.2 Å². The van der Waals surface area contributed by atoms with Gasteiger partial charge in [-0.3, -0.25) is 9.69 Å². The molecule has 1 aromatic rings. The Balaban J connectivity index is 2.14. The summed E-state index contributed by atoms with van der Waals surface area (Å²) in [5, 5.41) is 8.91. The zero-order valence-electron chi connectivity index (χ0n) is 14.0. The molecule has 1 heterocycles. The van der Waals surface area contributed by atoms with E-state index in [0.29, 0.717) is 31.7 Å². The lowest BCUT2D eigenvalue weighted by molar-refractivity contribution is -0.138. The third kappa shape index (κ3) is 4.25. The standard InChI is InChI=1S/C16H24N2O5S/c1-17(12-16(19)20)13-6-5-10-18(11-9-13)24(21,22)15-8-4-3-7-14(15)23-2/h3-4,7-8,13H,5-6,9-12H2,1-2H3,(H,19,20). The molecule has 1 aliphatic heterocycles. The van der Waals surface area contributed by atoms with Gasteiger partial charge in [-0.15, -0.1) is 0 Å². The number of carbonyl (C=O) groups is 1. The number of sulfonamides is 1. The maximum absolute atomic E-state index is 12.9. The van der Waals surface area contributed by atoms with E-state index in [1.165, 1.54) is 11.4 Å². The van der Waals surface area contributed by atoms with Gasteiger partial charge < -0.3 is 9.84 Å². The monoisotopic (exact) mass is 356 g/mol. The van der Waals surface area contributed by atoms with Crippen LogP contribution < -0.4 is 4.74 Å². The Kier molecular flexibility index (Phi) is 6.20. The van der Waals surface area contributed by atoms with Crippen molar-refractivity contribution in [2.45, 2.75) is 30.2 Å². The first kappa shape index (κ1) is 18.7. The summed E-state index contributed by atoms with van der Waals surface area (Å²) in [5.41, 5.74) is 0. The zero-order valence-corrected chi connectivity index (χ0v) is 14.8. The first-order valence-corrected chi connectivity index (χ1v) is 9.35. The van der Waals surface area contributed by atoms with Crippen LogP contribution >= 0.6 is 0 Å². The second-order valence-corrected chi connectivity index (χ2v) is 7.85. The summed E-state index contributed by atoms with van der Waals surface area (Å²) in [5.74, 6) is -0.540. The minimum absolute atomic E-state index is 0.0378. The van der Waals surface area contributed by atoms with Gasteiger partial charge in [0.05, 0.1) is 13.7 Å². The molecular formula is C16H24N2O5S. The number of nitrogens with zero attached hydrogens (tertiary/aromatic N) is 2. The minimum Gasteiger partial charge on any atom is -0.495 e. The molecule has 2 rings (SSSR count). The van der Waals surface area contributed by atoms with Gasteiger partial charge in [0.1, 0.15) is 10.6 Å². The molecule has 1 aromatic carbocycles. The van der Waals surface area contributed by atoms with Crippen molar-refractivity contribution in [1.82, 2.24) is 9.21 Å². The molecule has 0 saturated carbocycles. The van der Waals surface area contributed by atoms with Crippen LogP contribution in [0.2, 0.25) is 0 Å². The van der Waals surface area contributed by atoms with Crippen LogP contribution in [0, 0.1) is 0 Å². The number of ether oxygens (including phenoxy) is 1. The van der Waals surface area contributed by atoms with Crippen molar-refractivity contribution >= 4 is 16.0 Å². The van der Waals surface area contributed by atoms with E-state index >= 15 is 0 Å². The second-order valence-electron chi connectivity index (χ2n) is 5.95. The molecule has 1 unspecified atom stereocenters. The molecule has 1 N–H and O–H groups in total. The topological polar surface area (TPSA) is 87.2 Å². The molecule has 0 aliphatic carbocycles. The van der Waals surface area contributed by atoms with Crippen molar-refractivity contribution in [2.75, 3.05) is 33.8 Å². The third-order valence-electron chi connectivity index (χ3n) is 4.35. The lowest BCUT2D eigenvalue weighted by Gasteiger charge is -2.25. The molecule has 0 amide bonds. The zero-order chi connectivity index (χ0) is 17.7. The van der Waals surface area contributed by atoms with Gasteiger partial charge in [0.25, 0.3) is 0 Å². The lowest BCUT2D eigenvalue weighted by atomic mass is 10.1. The quantitative estimate of drug-likeness (QED) is 0.826. The molecule has 0 radical (unpaired) electrons. The number of carboxylic acid groups (broad SMARTS) is 1. The van der Waals surface area contributed by atoms with Crippen LogP contribution in [0.1, 0.15) is 19.3 Å². The average Bonchev–Trinajstić information content (AvgIpc) is 2.80. The first-order chi connectivity index (χ1) is 11.4. The summed E-state index contributed by atoms with van der Waals surface area (Å²) in [7, 11) is -0.408. The van der Waals surface area contributed by atoms with Gasteiger partial charge in [0.2, 0.25) is 10.0 Å². The third-order valence-corrected chi connectivity index (χ3v) is 6.29. The van der Waals surface area contributed by atoms with Gasteiger partial charge >= 0.3 is 5.97 Å². The van der Waals surface area contributed by atoms with E-state index in [0.717, 1.165) is 6.42 Å². The van der Waals surface area contributed by atoms with Gasteiger partial charge in [0, 0.05) is 19.1 Å². The van der Waals surface area contributed by atoms with E-state index in [1.807, 2.05) is 0 Å². The molecule has 0 bridgehead atoms. The highest BCUT2D eigenvalue weighted by molar-refractivity contribution is 7.89. The minimum atomic E-state index is -3.63. The van der Waals surface area contributed by atoms with Crippen LogP contribution in [-0.2, 0) is 14.8 Å². The fraction of sp³-hybridized carbons (Fsp3) is 0.562. The van der Waals surface area contributed by atoms with E-state index in [1.54, 1.807) is 36.2 Å². The van der Waals surface area contributed by atoms with Gasteiger partial charge in [-0.25, -0.2) is 8.42 Å². The highest BCUT2D eigenvalue weighted by Crippen LogP contribution is 2.28. The molecule has 0 aromatic heterocycles. The van der Waals surface area contributed by atoms with Crippen LogP contribution in [0.3, 0.4) is 0 Å². The maximum Gasteiger partial charge on any atom is 0.317 e. The largest absolute Gasteiger partial charge is 0.495 e. The van der Waals surface area contributed by atoms with E-state index in [-0.39, 0.29) is 17.5 Å². The Morgan fingerprint density at radius 1 is 1.33 bits per heavy atom. The number of hydrogen-bond acceptors (Lipinski definition) is 5. The molecular weight excluding hydrogens is 332 g/mol. The van der Waals surface area contributed by atoms with Crippen LogP contribution in [-0.4, -0.2) is 68.5 Å². The molecule has 0 spiro atoms. The Morgan fingerprint density at radius 3 is 2.71 bits per heavy atom. The number of rotatable bonds is 6. The molecule has 24 heavy (non-hydrogen) atoms. The highest BCUT2D eigenvalue weighted by Gasteiger charge is 2.30. The Hall–Kier alpha value is -1.64. The van der Waals surface area contributed by atoms with Gasteiger partial charge in [0.15, 0.2) is 0 Å². The van der Waals surface area contributed by atoms with Crippen LogP contribution in [0.15, 0.2) is 29.2 Å². The normalized spacial score (nSPS) is 19.9. The van der Waals surface area contributed by atoms with Crippen molar-refractivity contribution in [3.63, 3.8) is 0 Å². The molecule has 8 heteroatoms. The van der Waals surface area contributed by atoms with Gasteiger partial charge in [-0.2, -0.15) is 4.31 Å². The Bertz CT molecular complexity index is 677. The Labute approximate surface area is 142 Å². The van der Waals surface area contributed by atoms with Gasteiger partial charge in [-0.05, 0) is 38.4 Å². The summed E-state index contributed by atoms with van der Waals surface area (Å²) in [6, 6.07) is 6.66. The molecule has 1 fully saturated rings. The lowest BCUT2D eigenvalue weighted by Crippen LogP contribution is -2.37. The van der Waals surface area contributed by atoms with Crippen LogP contribution in [0.25, 0.3) is 0 Å². The van der Waals surface area contributed by atoms with E-state index in [4.69, 9.17) is 9.84 Å². The van der Waals surface area contributed by atoms with Crippen molar-refractivity contribution in [1.29, 1.82) is 0 Å². The molecule has 1 saturated heterocycles. The maximum atomic E-state index is 12.9. The highest BCUT2D eigenvalue weighted by atomic mass is 32.2. The second kappa shape index (κ2) is 7.96. The summed E-state index contributed by atoms with van der Waals surface area (Å²) >= 11 is 0. The van der Waals surface area contributed by atoms with Crippen molar-refractivity contribution in [3.8, 4) is 5.75 Å². The molecule has 7 nitrogen and oxygen atoms in total. The van der Waals surface area contributed by atoms with Crippen LogP contribution in [0.5, 0.6) is 5.75 Å².